The summed E-state index contributed by atoms with van der Waals surface area (Å²) >= 11 is 1.45. The number of fused-ring (bicyclic) bond motifs is 1. The molecule has 0 saturated carbocycles. The molecular weight excluding hydrogens is 466 g/mol. The van der Waals surface area contributed by atoms with Crippen LogP contribution in [0.5, 0.6) is 0 Å². The Morgan fingerprint density at radius 2 is 1.97 bits per heavy atom. The minimum absolute atomic E-state index is 0.307. The number of anilines is 1. The Morgan fingerprint density at radius 3 is 2.66 bits per heavy atom. The van der Waals surface area contributed by atoms with Crippen LogP contribution in [0.4, 0.5) is 10.5 Å². The molecule has 2 aromatic rings. The molecule has 190 valence electrons. The minimum atomic E-state index is -0.581. The van der Waals surface area contributed by atoms with Crippen LogP contribution in [-0.4, -0.2) is 65.9 Å². The Bertz CT molecular complexity index is 1090. The summed E-state index contributed by atoms with van der Waals surface area (Å²) in [6.45, 7) is 6.39. The summed E-state index contributed by atoms with van der Waals surface area (Å²) in [5.41, 5.74) is 2.35. The van der Waals surface area contributed by atoms with Crippen LogP contribution >= 0.6 is 11.3 Å². The Kier molecular flexibility index (Phi) is 7.38. The minimum Gasteiger partial charge on any atom is -0.457 e. The molecule has 0 bridgehead atoms. The molecule has 1 aliphatic heterocycles. The SMILES string of the molecule is CN(C)c1ccc(-c2nc3c(s2)C(O)CCC3)c(C(=O)OC2CCCN(C(=O)OC(C)(C)C)C2)c1. The van der Waals surface area contributed by atoms with Crippen LogP contribution in [0.3, 0.4) is 0 Å². The number of hydrogen-bond donors (Lipinski definition) is 1. The fourth-order valence-corrected chi connectivity index (χ4v) is 5.59. The van der Waals surface area contributed by atoms with E-state index in [1.807, 2.05) is 58.0 Å². The third-order valence-corrected chi connectivity index (χ3v) is 7.43. The lowest BCUT2D eigenvalue weighted by Gasteiger charge is -2.33. The lowest BCUT2D eigenvalue weighted by atomic mass is 10.0. The number of benzene rings is 1. The summed E-state index contributed by atoms with van der Waals surface area (Å²) in [6.07, 6.45) is 2.60. The van der Waals surface area contributed by atoms with Crippen molar-refractivity contribution in [3.8, 4) is 10.6 Å². The molecule has 0 spiro atoms. The molecule has 1 amide bonds. The van der Waals surface area contributed by atoms with Gasteiger partial charge in [-0.05, 0) is 71.1 Å². The number of aliphatic hydroxyl groups excluding tert-OH is 1. The molecular formula is C26H35N3O5S. The number of carbonyl (C=O) groups excluding carboxylic acids is 2. The number of nitrogens with zero attached hydrogens (tertiary/aromatic N) is 3. The number of aryl methyl sites for hydroxylation is 1. The highest BCUT2D eigenvalue weighted by molar-refractivity contribution is 7.15. The molecule has 1 aliphatic carbocycles. The Balaban J connectivity index is 1.57. The molecule has 1 fully saturated rings. The first kappa shape index (κ1) is 25.4. The third kappa shape index (κ3) is 5.95. The van der Waals surface area contributed by atoms with E-state index >= 15 is 0 Å². The monoisotopic (exact) mass is 501 g/mol. The average molecular weight is 502 g/mol. The van der Waals surface area contributed by atoms with E-state index in [2.05, 4.69) is 0 Å². The van der Waals surface area contributed by atoms with Crippen molar-refractivity contribution in [2.75, 3.05) is 32.1 Å². The highest BCUT2D eigenvalue weighted by Crippen LogP contribution is 2.39. The van der Waals surface area contributed by atoms with E-state index in [0.29, 0.717) is 35.6 Å². The van der Waals surface area contributed by atoms with Gasteiger partial charge in [-0.2, -0.15) is 0 Å². The van der Waals surface area contributed by atoms with Crippen LogP contribution in [0, 0.1) is 0 Å². The Labute approximate surface area is 210 Å². The van der Waals surface area contributed by atoms with E-state index in [9.17, 15) is 14.7 Å². The molecule has 2 aliphatic rings. The number of hydrogen-bond acceptors (Lipinski definition) is 8. The van der Waals surface area contributed by atoms with E-state index in [0.717, 1.165) is 41.9 Å². The summed E-state index contributed by atoms with van der Waals surface area (Å²) in [6, 6.07) is 5.67. The number of esters is 1. The van der Waals surface area contributed by atoms with Crippen molar-refractivity contribution >= 4 is 29.1 Å². The molecule has 4 rings (SSSR count). The molecule has 1 aromatic heterocycles. The van der Waals surface area contributed by atoms with E-state index in [1.165, 1.54) is 11.3 Å². The molecule has 35 heavy (non-hydrogen) atoms. The number of aliphatic hydroxyl groups is 1. The lowest BCUT2D eigenvalue weighted by molar-refractivity contribution is -0.0114. The van der Waals surface area contributed by atoms with Gasteiger partial charge < -0.3 is 24.4 Å². The molecule has 1 saturated heterocycles. The quantitative estimate of drug-likeness (QED) is 0.602. The molecule has 9 heteroatoms. The van der Waals surface area contributed by atoms with Crippen LogP contribution in [0.2, 0.25) is 0 Å². The van der Waals surface area contributed by atoms with Crippen LogP contribution in [0.15, 0.2) is 18.2 Å². The topological polar surface area (TPSA) is 92.2 Å². The van der Waals surface area contributed by atoms with Gasteiger partial charge in [0.05, 0.1) is 28.8 Å². The summed E-state index contributed by atoms with van der Waals surface area (Å²) < 4.78 is 11.4. The maximum Gasteiger partial charge on any atom is 0.410 e. The predicted octanol–water partition coefficient (Wildman–Crippen LogP) is 4.80. The molecule has 2 heterocycles. The van der Waals surface area contributed by atoms with Gasteiger partial charge >= 0.3 is 12.1 Å². The molecule has 2 unspecified atom stereocenters. The molecule has 8 nitrogen and oxygen atoms in total. The van der Waals surface area contributed by atoms with Crippen LogP contribution in [0.1, 0.15) is 73.5 Å². The molecule has 1 N–H and O–H groups in total. The van der Waals surface area contributed by atoms with Crippen molar-refractivity contribution in [3.05, 3.63) is 34.3 Å². The van der Waals surface area contributed by atoms with Crippen molar-refractivity contribution in [1.82, 2.24) is 9.88 Å². The number of likely N-dealkylation sites (tertiary alicyclic amines) is 1. The van der Waals surface area contributed by atoms with Gasteiger partial charge in [0, 0.05) is 31.9 Å². The normalized spacial score (nSPS) is 20.2. The maximum atomic E-state index is 13.4. The number of amides is 1. The number of aromatic nitrogens is 1. The van der Waals surface area contributed by atoms with Gasteiger partial charge in [-0.25, -0.2) is 14.6 Å². The summed E-state index contributed by atoms with van der Waals surface area (Å²) in [5.74, 6) is -0.437. The highest BCUT2D eigenvalue weighted by Gasteiger charge is 2.31. The first-order chi connectivity index (χ1) is 16.5. The van der Waals surface area contributed by atoms with Gasteiger partial charge in [-0.1, -0.05) is 0 Å². The van der Waals surface area contributed by atoms with Crippen LogP contribution in [0.25, 0.3) is 10.6 Å². The van der Waals surface area contributed by atoms with Crippen molar-refractivity contribution in [2.45, 2.75) is 70.7 Å². The fraction of sp³-hybridized carbons (Fsp3) is 0.577. The second-order valence-electron chi connectivity index (χ2n) is 10.5. The summed E-state index contributed by atoms with van der Waals surface area (Å²) in [4.78, 5) is 35.2. The van der Waals surface area contributed by atoms with E-state index in [-0.39, 0.29) is 6.09 Å². The van der Waals surface area contributed by atoms with E-state index in [1.54, 1.807) is 4.90 Å². The number of rotatable bonds is 4. The van der Waals surface area contributed by atoms with Gasteiger partial charge in [0.15, 0.2) is 0 Å². The molecule has 1 aromatic carbocycles. The first-order valence-corrected chi connectivity index (χ1v) is 13.0. The second-order valence-corrected chi connectivity index (χ2v) is 11.5. The summed E-state index contributed by atoms with van der Waals surface area (Å²) in [7, 11) is 3.84. The molecule has 2 atom stereocenters. The Hall–Kier alpha value is -2.65. The van der Waals surface area contributed by atoms with Crippen molar-refractivity contribution in [1.29, 1.82) is 0 Å². The largest absolute Gasteiger partial charge is 0.457 e. The number of carbonyl (C=O) groups is 2. The van der Waals surface area contributed by atoms with Crippen molar-refractivity contribution < 1.29 is 24.2 Å². The van der Waals surface area contributed by atoms with Crippen LogP contribution < -0.4 is 4.90 Å². The summed E-state index contributed by atoms with van der Waals surface area (Å²) in [5, 5.41) is 11.1. The predicted molar refractivity (Wildman–Crippen MR) is 136 cm³/mol. The zero-order valence-electron chi connectivity index (χ0n) is 21.2. The average Bonchev–Trinajstić information content (AvgIpc) is 3.23. The number of ether oxygens (including phenoxy) is 2. The zero-order chi connectivity index (χ0) is 25.3. The number of piperidine rings is 1. The first-order valence-electron chi connectivity index (χ1n) is 12.2. The van der Waals surface area contributed by atoms with E-state index < -0.39 is 23.8 Å². The smallest absolute Gasteiger partial charge is 0.410 e. The van der Waals surface area contributed by atoms with Crippen molar-refractivity contribution in [2.24, 2.45) is 0 Å². The van der Waals surface area contributed by atoms with Crippen molar-refractivity contribution in [3.63, 3.8) is 0 Å². The van der Waals surface area contributed by atoms with Gasteiger partial charge in [-0.3, -0.25) is 0 Å². The maximum absolute atomic E-state index is 13.4. The zero-order valence-corrected chi connectivity index (χ0v) is 22.0. The van der Waals surface area contributed by atoms with Gasteiger partial charge in [-0.15, -0.1) is 11.3 Å². The molecule has 0 radical (unpaired) electrons. The fourth-order valence-electron chi connectivity index (χ4n) is 4.42. The van der Waals surface area contributed by atoms with Crippen LogP contribution in [-0.2, 0) is 15.9 Å². The highest BCUT2D eigenvalue weighted by atomic mass is 32.1. The van der Waals surface area contributed by atoms with E-state index in [4.69, 9.17) is 14.5 Å². The lowest BCUT2D eigenvalue weighted by Crippen LogP contribution is -2.46. The van der Waals surface area contributed by atoms with Gasteiger partial charge in [0.2, 0.25) is 0 Å². The Morgan fingerprint density at radius 1 is 1.20 bits per heavy atom. The van der Waals surface area contributed by atoms with Gasteiger partial charge in [0.1, 0.15) is 16.7 Å². The third-order valence-electron chi connectivity index (χ3n) is 6.19. The van der Waals surface area contributed by atoms with Gasteiger partial charge in [0.25, 0.3) is 0 Å². The number of thiazole rings is 1. The standard InChI is InChI=1S/C26H35N3O5S/c1-26(2,3)34-25(32)29-13-7-8-17(15-29)33-24(31)19-14-16(28(4)5)11-12-18(19)23-27-20-9-6-10-21(30)22(20)35-23/h11-12,14,17,21,30H,6-10,13,15H2,1-5H3. The second kappa shape index (κ2) is 10.1.